The topological polar surface area (TPSA) is 66.8 Å². The van der Waals surface area contributed by atoms with Gasteiger partial charge in [-0.3, -0.25) is 4.79 Å². The quantitative estimate of drug-likeness (QED) is 0.504. The van der Waals surface area contributed by atoms with Gasteiger partial charge in [0.05, 0.1) is 12.2 Å². The number of esters is 1. The Morgan fingerprint density at radius 3 is 2.42 bits per heavy atom. The van der Waals surface area contributed by atoms with E-state index in [4.69, 9.17) is 4.74 Å². The third kappa shape index (κ3) is 4.41. The number of aliphatic hydroxyl groups is 2. The smallest absolute Gasteiger partial charge is 0.306 e. The van der Waals surface area contributed by atoms with E-state index < -0.39 is 5.60 Å². The van der Waals surface area contributed by atoms with Gasteiger partial charge < -0.3 is 14.9 Å². The molecule has 0 aromatic rings. The van der Waals surface area contributed by atoms with Crippen LogP contribution in [-0.2, 0) is 9.53 Å². The van der Waals surface area contributed by atoms with Gasteiger partial charge in [0.1, 0.15) is 5.60 Å². The Bertz CT molecular complexity index is 728. The van der Waals surface area contributed by atoms with Crippen LogP contribution in [-0.4, -0.2) is 34.0 Å². The fraction of sp³-hybridized carbons (Fsp3) is 0.966. The van der Waals surface area contributed by atoms with Crippen LogP contribution in [0.2, 0.25) is 0 Å². The average molecular weight is 463 g/mol. The zero-order valence-electron chi connectivity index (χ0n) is 22.3. The Hall–Kier alpha value is -0.610. The Kier molecular flexibility index (Phi) is 6.80. The number of fused-ring (bicyclic) bond motifs is 5. The average Bonchev–Trinajstić information content (AvgIpc) is 3.06. The first-order chi connectivity index (χ1) is 15.3. The predicted octanol–water partition coefficient (Wildman–Crippen LogP) is 5.98. The summed E-state index contributed by atoms with van der Waals surface area (Å²) in [5.74, 6) is 3.63. The standard InChI is InChI=1S/C29H50O4/c1-17(8-11-25(32)33-27(3,4)5)21-9-10-22-26-23(14-18(2)29(21,22)7)28(6)13-12-20(30)15-19(28)16-24(26)31/h17-24,26,30-31H,8-16H2,1-7H3. The number of hydrogen-bond acceptors (Lipinski definition) is 4. The summed E-state index contributed by atoms with van der Waals surface area (Å²) in [6, 6.07) is 0. The van der Waals surface area contributed by atoms with Crippen LogP contribution in [0.4, 0.5) is 0 Å². The molecule has 33 heavy (non-hydrogen) atoms. The van der Waals surface area contributed by atoms with E-state index in [1.165, 1.54) is 19.3 Å². The van der Waals surface area contributed by atoms with Crippen LogP contribution in [0, 0.1) is 52.3 Å². The van der Waals surface area contributed by atoms with Crippen molar-refractivity contribution >= 4 is 5.97 Å². The minimum atomic E-state index is -0.419. The van der Waals surface area contributed by atoms with Crippen LogP contribution in [0.5, 0.6) is 0 Å². The van der Waals surface area contributed by atoms with Gasteiger partial charge in [-0.1, -0.05) is 27.7 Å². The van der Waals surface area contributed by atoms with E-state index in [0.29, 0.717) is 47.8 Å². The molecule has 11 atom stereocenters. The highest BCUT2D eigenvalue weighted by molar-refractivity contribution is 5.69. The Morgan fingerprint density at radius 2 is 1.76 bits per heavy atom. The molecule has 4 heteroatoms. The maximum atomic E-state index is 12.4. The van der Waals surface area contributed by atoms with Crippen molar-refractivity contribution in [2.45, 2.75) is 124 Å². The molecule has 0 bridgehead atoms. The lowest BCUT2D eigenvalue weighted by molar-refractivity contribution is -0.189. The van der Waals surface area contributed by atoms with Gasteiger partial charge in [0.15, 0.2) is 0 Å². The fourth-order valence-corrected chi connectivity index (χ4v) is 9.45. The molecule has 0 amide bonds. The molecular formula is C29H50O4. The van der Waals surface area contributed by atoms with Crippen molar-refractivity contribution in [3.63, 3.8) is 0 Å². The second-order valence-electron chi connectivity index (χ2n) is 14.0. The van der Waals surface area contributed by atoms with Crippen molar-refractivity contribution in [3.8, 4) is 0 Å². The van der Waals surface area contributed by atoms with Gasteiger partial charge in [0.2, 0.25) is 0 Å². The second-order valence-corrected chi connectivity index (χ2v) is 14.0. The van der Waals surface area contributed by atoms with Crippen LogP contribution in [0.15, 0.2) is 0 Å². The normalized spacial score (nSPS) is 48.4. The number of ether oxygens (including phenoxy) is 1. The third-order valence-electron chi connectivity index (χ3n) is 11.2. The highest BCUT2D eigenvalue weighted by Gasteiger charge is 2.64. The van der Waals surface area contributed by atoms with Gasteiger partial charge in [-0.15, -0.1) is 0 Å². The molecular weight excluding hydrogens is 412 g/mol. The molecule has 0 aliphatic heterocycles. The van der Waals surface area contributed by atoms with Gasteiger partial charge in [-0.25, -0.2) is 0 Å². The fourth-order valence-electron chi connectivity index (χ4n) is 9.45. The van der Waals surface area contributed by atoms with Crippen LogP contribution in [0.25, 0.3) is 0 Å². The number of aliphatic hydroxyl groups excluding tert-OH is 2. The van der Waals surface area contributed by atoms with Crippen molar-refractivity contribution in [2.75, 3.05) is 0 Å². The summed E-state index contributed by atoms with van der Waals surface area (Å²) in [7, 11) is 0. The predicted molar refractivity (Wildman–Crippen MR) is 131 cm³/mol. The Morgan fingerprint density at radius 1 is 1.06 bits per heavy atom. The van der Waals surface area contributed by atoms with E-state index in [-0.39, 0.29) is 29.0 Å². The van der Waals surface area contributed by atoms with Crippen LogP contribution in [0.3, 0.4) is 0 Å². The lowest BCUT2D eigenvalue weighted by Crippen LogP contribution is -2.60. The summed E-state index contributed by atoms with van der Waals surface area (Å²) >= 11 is 0. The molecule has 0 heterocycles. The number of carbonyl (C=O) groups excluding carboxylic acids is 1. The number of rotatable bonds is 4. The molecule has 190 valence electrons. The zero-order chi connectivity index (χ0) is 24.3. The molecule has 4 aliphatic rings. The molecule has 0 saturated heterocycles. The first-order valence-corrected chi connectivity index (χ1v) is 13.8. The lowest BCUT2D eigenvalue weighted by atomic mass is 9.41. The summed E-state index contributed by atoms with van der Waals surface area (Å²) in [5, 5.41) is 21.8. The maximum absolute atomic E-state index is 12.4. The van der Waals surface area contributed by atoms with Crippen LogP contribution in [0.1, 0.15) is 106 Å². The minimum absolute atomic E-state index is 0.0769. The van der Waals surface area contributed by atoms with Crippen molar-refractivity contribution in [3.05, 3.63) is 0 Å². The zero-order valence-corrected chi connectivity index (χ0v) is 22.3. The van der Waals surface area contributed by atoms with Crippen LogP contribution >= 0.6 is 0 Å². The highest BCUT2D eigenvalue weighted by Crippen LogP contribution is 2.69. The van der Waals surface area contributed by atoms with E-state index in [1.54, 1.807) is 0 Å². The molecule has 0 aromatic carbocycles. The summed E-state index contributed by atoms with van der Waals surface area (Å²) in [6.07, 6.45) is 8.39. The Labute approximate surface area is 202 Å². The molecule has 4 saturated carbocycles. The highest BCUT2D eigenvalue weighted by atomic mass is 16.6. The van der Waals surface area contributed by atoms with Gasteiger partial charge in [-0.2, -0.15) is 0 Å². The minimum Gasteiger partial charge on any atom is -0.460 e. The molecule has 4 rings (SSSR count). The van der Waals surface area contributed by atoms with Gasteiger partial charge in [0, 0.05) is 6.42 Å². The monoisotopic (exact) mass is 462 g/mol. The van der Waals surface area contributed by atoms with Crippen molar-refractivity contribution < 1.29 is 19.7 Å². The van der Waals surface area contributed by atoms with Crippen LogP contribution < -0.4 is 0 Å². The van der Waals surface area contributed by atoms with Crippen molar-refractivity contribution in [1.82, 2.24) is 0 Å². The summed E-state index contributed by atoms with van der Waals surface area (Å²) < 4.78 is 5.57. The van der Waals surface area contributed by atoms with E-state index in [2.05, 4.69) is 27.7 Å². The summed E-state index contributed by atoms with van der Waals surface area (Å²) in [5.41, 5.74) is 0.0733. The molecule has 4 fully saturated rings. The molecule has 0 aromatic heterocycles. The molecule has 0 spiro atoms. The molecule has 4 nitrogen and oxygen atoms in total. The second kappa shape index (κ2) is 8.80. The van der Waals surface area contributed by atoms with E-state index in [0.717, 1.165) is 32.1 Å². The van der Waals surface area contributed by atoms with Gasteiger partial charge in [0.25, 0.3) is 0 Å². The van der Waals surface area contributed by atoms with Gasteiger partial charge in [-0.05, 0) is 124 Å². The number of carbonyl (C=O) groups is 1. The van der Waals surface area contributed by atoms with Gasteiger partial charge >= 0.3 is 5.97 Å². The Balaban J connectivity index is 1.50. The largest absolute Gasteiger partial charge is 0.460 e. The maximum Gasteiger partial charge on any atom is 0.306 e. The lowest BCUT2D eigenvalue weighted by Gasteiger charge is -2.64. The van der Waals surface area contributed by atoms with E-state index in [1.807, 2.05) is 20.8 Å². The van der Waals surface area contributed by atoms with Crippen molar-refractivity contribution in [2.24, 2.45) is 52.3 Å². The SMILES string of the molecule is CC(CCC(=O)OC(C)(C)C)C1CCC2C3C(O)CC4CC(O)CCC4(C)C3CC(C)C12C. The summed E-state index contributed by atoms with van der Waals surface area (Å²) in [6.45, 7) is 15.6. The van der Waals surface area contributed by atoms with E-state index in [9.17, 15) is 15.0 Å². The molecule has 2 N–H and O–H groups in total. The number of hydrogen-bond donors (Lipinski definition) is 2. The van der Waals surface area contributed by atoms with E-state index >= 15 is 0 Å². The first kappa shape index (κ1) is 25.5. The van der Waals surface area contributed by atoms with Crippen molar-refractivity contribution in [1.29, 1.82) is 0 Å². The molecule has 11 unspecified atom stereocenters. The molecule has 4 aliphatic carbocycles. The summed E-state index contributed by atoms with van der Waals surface area (Å²) in [4.78, 5) is 12.4. The third-order valence-corrected chi connectivity index (χ3v) is 11.2. The first-order valence-electron chi connectivity index (χ1n) is 13.8. The molecule has 0 radical (unpaired) electrons.